The summed E-state index contributed by atoms with van der Waals surface area (Å²) >= 11 is 0. The van der Waals surface area contributed by atoms with Crippen molar-refractivity contribution in [1.29, 1.82) is 0 Å². The molecular weight excluding hydrogens is 338 g/mol. The molecule has 10 atom stereocenters. The van der Waals surface area contributed by atoms with Crippen molar-refractivity contribution in [2.45, 2.75) is 91.1 Å². The average Bonchev–Trinajstić information content (AvgIpc) is 3.14. The highest BCUT2D eigenvalue weighted by Crippen LogP contribution is 2.69. The molecule has 1 heteroatoms. The molecule has 4 aliphatic carbocycles. The van der Waals surface area contributed by atoms with E-state index in [4.69, 9.17) is 0 Å². The first-order valence-corrected chi connectivity index (χ1v) is 12.6. The van der Waals surface area contributed by atoms with Crippen LogP contribution in [0, 0.1) is 46.3 Å². The number of allylic oxidation sites excluding steroid dienone is 4. The zero-order valence-corrected chi connectivity index (χ0v) is 18.7. The number of fused-ring (bicyclic) bond motifs is 9. The first-order valence-electron chi connectivity index (χ1n) is 12.6. The zero-order valence-electron chi connectivity index (χ0n) is 18.7. The molecular formula is C27H41N. The summed E-state index contributed by atoms with van der Waals surface area (Å²) in [6.45, 7) is 11.9. The average molecular weight is 380 g/mol. The van der Waals surface area contributed by atoms with E-state index < -0.39 is 0 Å². The Morgan fingerprint density at radius 3 is 2.71 bits per heavy atom. The topological polar surface area (TPSA) is 3.24 Å². The maximum Gasteiger partial charge on any atom is 0.0138 e. The molecule has 1 nitrogen and oxygen atoms in total. The van der Waals surface area contributed by atoms with Crippen LogP contribution in [0.3, 0.4) is 0 Å². The van der Waals surface area contributed by atoms with Gasteiger partial charge in [0.2, 0.25) is 0 Å². The maximum absolute atomic E-state index is 3.04. The minimum Gasteiger partial charge on any atom is -0.297 e. The molecule has 6 aliphatic rings. The van der Waals surface area contributed by atoms with Crippen LogP contribution in [0.5, 0.6) is 0 Å². The van der Waals surface area contributed by atoms with Gasteiger partial charge in [0.25, 0.3) is 0 Å². The molecule has 0 radical (unpaired) electrons. The van der Waals surface area contributed by atoms with Crippen LogP contribution in [0.2, 0.25) is 0 Å². The molecule has 0 N–H and O–H groups in total. The first kappa shape index (κ1) is 18.2. The molecule has 2 aliphatic heterocycles. The smallest absolute Gasteiger partial charge is 0.0138 e. The third-order valence-corrected chi connectivity index (χ3v) is 11.3. The van der Waals surface area contributed by atoms with E-state index in [1.165, 1.54) is 57.9 Å². The molecule has 154 valence electrons. The summed E-state index contributed by atoms with van der Waals surface area (Å²) in [7, 11) is 0. The van der Waals surface area contributed by atoms with Gasteiger partial charge in [0, 0.05) is 18.6 Å². The summed E-state index contributed by atoms with van der Waals surface area (Å²) in [5.74, 6) is 5.68. The van der Waals surface area contributed by atoms with Crippen LogP contribution < -0.4 is 0 Å². The van der Waals surface area contributed by atoms with Gasteiger partial charge in [0.15, 0.2) is 0 Å². The Morgan fingerprint density at radius 1 is 1.00 bits per heavy atom. The zero-order chi connectivity index (χ0) is 19.3. The second-order valence-corrected chi connectivity index (χ2v) is 12.3. The lowest BCUT2D eigenvalue weighted by molar-refractivity contribution is -0.0452. The highest BCUT2D eigenvalue weighted by molar-refractivity contribution is 5.34. The largest absolute Gasteiger partial charge is 0.297 e. The summed E-state index contributed by atoms with van der Waals surface area (Å²) in [4.78, 5) is 3.04. The standard InChI is InChI=1S/C27H41N/c1-17-8-11-23-18(2)25-24(28(23)16-17)15-22-20-10-9-19-7-5-6-13-26(19,3)21(20)12-14-27(22,25)4/h5,7,9,17-18,20-25H,6,8,10-16H2,1-4H3/t17-,18+,20-,21-,22-,23-,24+,25-,26+,27+/m1/s1. The normalized spacial score (nSPS) is 57.6. The highest BCUT2D eigenvalue weighted by Gasteiger charge is 2.66. The molecule has 28 heavy (non-hydrogen) atoms. The molecule has 2 saturated heterocycles. The number of piperidine rings is 1. The van der Waals surface area contributed by atoms with E-state index in [0.717, 1.165) is 47.6 Å². The predicted octanol–water partition coefficient (Wildman–Crippen LogP) is 6.46. The Balaban J connectivity index is 1.35. The van der Waals surface area contributed by atoms with E-state index in [2.05, 4.69) is 50.8 Å². The van der Waals surface area contributed by atoms with E-state index in [1.807, 2.05) is 0 Å². The summed E-state index contributed by atoms with van der Waals surface area (Å²) in [5.41, 5.74) is 2.78. The molecule has 0 spiro atoms. The van der Waals surface area contributed by atoms with Gasteiger partial charge >= 0.3 is 0 Å². The van der Waals surface area contributed by atoms with E-state index in [-0.39, 0.29) is 0 Å². The highest BCUT2D eigenvalue weighted by atomic mass is 15.2. The Bertz CT molecular complexity index is 720. The van der Waals surface area contributed by atoms with Crippen molar-refractivity contribution in [2.75, 3.05) is 6.54 Å². The SMILES string of the molecule is C[C@@H]1CC[C@@H]2[C@H](C)[C@@H]3[C@H](C[C@@H]4[C@@H]5CC=C6C=CCC[C@]6(C)[C@@H]5CC[C@]34C)N2C1. The third kappa shape index (κ3) is 2.18. The molecule has 4 fully saturated rings. The van der Waals surface area contributed by atoms with Crippen molar-refractivity contribution >= 4 is 0 Å². The van der Waals surface area contributed by atoms with E-state index in [1.54, 1.807) is 5.57 Å². The Morgan fingerprint density at radius 2 is 1.86 bits per heavy atom. The summed E-state index contributed by atoms with van der Waals surface area (Å²) in [6.07, 6.45) is 19.1. The van der Waals surface area contributed by atoms with E-state index in [0.29, 0.717) is 10.8 Å². The van der Waals surface area contributed by atoms with Crippen LogP contribution in [0.25, 0.3) is 0 Å². The van der Waals surface area contributed by atoms with Crippen LogP contribution >= 0.6 is 0 Å². The van der Waals surface area contributed by atoms with Gasteiger partial charge in [-0.05, 0) is 103 Å². The molecule has 0 aromatic heterocycles. The van der Waals surface area contributed by atoms with Gasteiger partial charge in [-0.2, -0.15) is 0 Å². The Kier molecular flexibility index (Phi) is 3.90. The van der Waals surface area contributed by atoms with Crippen LogP contribution in [0.15, 0.2) is 23.8 Å². The lowest BCUT2D eigenvalue weighted by Gasteiger charge is -2.57. The Hall–Kier alpha value is -0.560. The molecule has 0 aromatic carbocycles. The van der Waals surface area contributed by atoms with Crippen LogP contribution in [0.4, 0.5) is 0 Å². The number of hydrogen-bond acceptors (Lipinski definition) is 1. The molecule has 0 amide bonds. The third-order valence-electron chi connectivity index (χ3n) is 11.3. The van der Waals surface area contributed by atoms with Crippen molar-refractivity contribution in [2.24, 2.45) is 46.3 Å². The van der Waals surface area contributed by atoms with Gasteiger partial charge in [-0.1, -0.05) is 45.9 Å². The van der Waals surface area contributed by atoms with Crippen molar-refractivity contribution in [1.82, 2.24) is 4.90 Å². The van der Waals surface area contributed by atoms with E-state index in [9.17, 15) is 0 Å². The minimum atomic E-state index is 0.477. The monoisotopic (exact) mass is 379 g/mol. The number of hydrogen-bond donors (Lipinski definition) is 0. The summed E-state index contributed by atoms with van der Waals surface area (Å²) in [6, 6.07) is 1.81. The van der Waals surface area contributed by atoms with Crippen molar-refractivity contribution in [3.8, 4) is 0 Å². The summed E-state index contributed by atoms with van der Waals surface area (Å²) < 4.78 is 0. The lowest BCUT2D eigenvalue weighted by Crippen LogP contribution is -2.50. The Labute approximate surface area is 173 Å². The van der Waals surface area contributed by atoms with Crippen molar-refractivity contribution in [3.63, 3.8) is 0 Å². The predicted molar refractivity (Wildman–Crippen MR) is 117 cm³/mol. The minimum absolute atomic E-state index is 0.477. The molecule has 0 aromatic rings. The summed E-state index contributed by atoms with van der Waals surface area (Å²) in [5, 5.41) is 0. The second-order valence-electron chi connectivity index (χ2n) is 12.3. The fraction of sp³-hybridized carbons (Fsp3) is 0.852. The van der Waals surface area contributed by atoms with Crippen LogP contribution in [0.1, 0.15) is 79.1 Å². The van der Waals surface area contributed by atoms with Gasteiger partial charge in [-0.15, -0.1) is 0 Å². The molecule has 2 saturated carbocycles. The van der Waals surface area contributed by atoms with Gasteiger partial charge < -0.3 is 0 Å². The van der Waals surface area contributed by atoms with Gasteiger partial charge in [0.1, 0.15) is 0 Å². The van der Waals surface area contributed by atoms with Gasteiger partial charge in [-0.25, -0.2) is 0 Å². The quantitative estimate of drug-likeness (QED) is 0.467. The fourth-order valence-electron chi connectivity index (χ4n) is 10.0. The number of rotatable bonds is 0. The molecule has 6 rings (SSSR count). The lowest BCUT2D eigenvalue weighted by atomic mass is 9.47. The molecule has 0 bridgehead atoms. The van der Waals surface area contributed by atoms with Crippen LogP contribution in [-0.4, -0.2) is 23.5 Å². The molecule has 0 unspecified atom stereocenters. The van der Waals surface area contributed by atoms with Crippen LogP contribution in [-0.2, 0) is 0 Å². The van der Waals surface area contributed by atoms with Crippen molar-refractivity contribution < 1.29 is 0 Å². The molecule has 2 heterocycles. The number of nitrogens with zero attached hydrogens (tertiary/aromatic N) is 1. The first-order chi connectivity index (χ1) is 13.4. The fourth-order valence-corrected chi connectivity index (χ4v) is 10.0. The van der Waals surface area contributed by atoms with Gasteiger partial charge in [0.05, 0.1) is 0 Å². The second kappa shape index (κ2) is 5.99. The maximum atomic E-state index is 3.04. The van der Waals surface area contributed by atoms with Crippen molar-refractivity contribution in [3.05, 3.63) is 23.8 Å². The van der Waals surface area contributed by atoms with E-state index >= 15 is 0 Å². The van der Waals surface area contributed by atoms with Gasteiger partial charge in [-0.3, -0.25) is 4.90 Å².